The first-order valence-electron chi connectivity index (χ1n) is 31.1. The lowest BCUT2D eigenvalue weighted by molar-refractivity contribution is -0.164. The van der Waals surface area contributed by atoms with Crippen LogP contribution in [-0.2, 0) is 65.5 Å². The van der Waals surface area contributed by atoms with Crippen LogP contribution < -0.4 is 25.4 Å². The van der Waals surface area contributed by atoms with Crippen molar-refractivity contribution in [2.24, 2.45) is 11.3 Å². The molecule has 3 aliphatic rings. The number of carbonyl (C=O) groups is 10. The summed E-state index contributed by atoms with van der Waals surface area (Å²) in [5.41, 5.74) is 1.44. The number of likely N-dealkylation sites (N-methyl/N-ethyl adjacent to an activating group) is 3. The van der Waals surface area contributed by atoms with Gasteiger partial charge in [-0.15, -0.1) is 0 Å². The van der Waals surface area contributed by atoms with Gasteiger partial charge in [-0.05, 0) is 116 Å². The van der Waals surface area contributed by atoms with E-state index in [-0.39, 0.29) is 76.5 Å². The van der Waals surface area contributed by atoms with Crippen LogP contribution in [0.2, 0.25) is 0 Å². The maximum absolute atomic E-state index is 15.2. The number of ketones is 1. The van der Waals surface area contributed by atoms with Crippen LogP contribution in [0, 0.1) is 11.3 Å². The maximum atomic E-state index is 15.2. The second-order valence-corrected chi connectivity index (χ2v) is 24.6. The van der Waals surface area contributed by atoms with Gasteiger partial charge in [-0.2, -0.15) is 0 Å². The molecule has 0 radical (unpaired) electrons. The number of anilines is 1. The van der Waals surface area contributed by atoms with Crippen LogP contribution in [0.1, 0.15) is 126 Å². The van der Waals surface area contributed by atoms with Crippen LogP contribution in [0.15, 0.2) is 115 Å². The molecule has 4 aromatic carbocycles. The number of esters is 1. The molecule has 1 unspecified atom stereocenters. The predicted molar refractivity (Wildman–Crippen MR) is 338 cm³/mol. The summed E-state index contributed by atoms with van der Waals surface area (Å²) in [4.78, 5) is 150. The zero-order valence-electron chi connectivity index (χ0n) is 53.4. The van der Waals surface area contributed by atoms with Crippen molar-refractivity contribution in [3.8, 4) is 11.5 Å². The number of fused-ring (bicyclic) bond motifs is 4. The first-order valence-corrected chi connectivity index (χ1v) is 31.1. The summed E-state index contributed by atoms with van der Waals surface area (Å²) >= 11 is 0. The predicted octanol–water partition coefficient (Wildman–Crippen LogP) is 6.94. The Hall–Kier alpha value is -8.88. The van der Waals surface area contributed by atoms with E-state index in [1.165, 1.54) is 51.8 Å². The number of rotatable bonds is 10. The minimum absolute atomic E-state index is 0.0183. The van der Waals surface area contributed by atoms with E-state index in [0.29, 0.717) is 66.8 Å². The van der Waals surface area contributed by atoms with E-state index in [2.05, 4.69) is 16.0 Å². The molecule has 6 atom stereocenters. The standard InChI is InChI=1S/C69H88N8O13/c1-45(2)40-53-63(82)73(5)37-18-17-30-58(78)70-44-69(3,4)62(81)67(86)77-38-19-16-28-52(77)68(87)90-55(33-31-47-32-34-56(88-8)57(42-47)89-9)49-26-20-27-50(43-49)71-59(79)35-36-60(80)72-61(48-24-14-11-15-25-48)66(85)75(7)54(41-46-22-12-10-13-23-46)65(84)76-39-21-29-51(76)64(83)74(53)6/h10-15,17,20,22-27,30,32,34,42-43,45,51-55,61H,16,18-19,21,28-29,31,33,35-41,44H2,1-9H3,(H,70,78)(H,71,79)(H,72,80)/b30-17+/t51-,52+,53+,54+,55-,61?/m1/s1. The molecule has 482 valence electrons. The number of hydrogen-bond donors (Lipinski definition) is 3. The average molecular weight is 1240 g/mol. The summed E-state index contributed by atoms with van der Waals surface area (Å²) in [5.74, 6) is -4.99. The van der Waals surface area contributed by atoms with Gasteiger partial charge in [0.25, 0.3) is 5.91 Å². The highest BCUT2D eigenvalue weighted by Gasteiger charge is 2.45. The van der Waals surface area contributed by atoms with Crippen molar-refractivity contribution in [1.82, 2.24) is 35.1 Å². The molecule has 0 aliphatic carbocycles. The van der Waals surface area contributed by atoms with E-state index in [0.717, 1.165) is 11.1 Å². The number of Topliss-reactive ketones (excluding diaryl/α,β-unsaturated/α-hetero) is 1. The molecule has 0 spiro atoms. The van der Waals surface area contributed by atoms with Gasteiger partial charge in [0.2, 0.25) is 47.1 Å². The number of cyclic esters (lactones) is 1. The molecule has 4 aromatic rings. The number of amides is 8. The molecule has 21 nitrogen and oxygen atoms in total. The maximum Gasteiger partial charge on any atom is 0.329 e. The van der Waals surface area contributed by atoms with Gasteiger partial charge in [0.05, 0.1) is 19.6 Å². The summed E-state index contributed by atoms with van der Waals surface area (Å²) in [5, 5.41) is 8.43. The molecule has 21 heteroatoms. The van der Waals surface area contributed by atoms with Crippen molar-refractivity contribution in [3.63, 3.8) is 0 Å². The SMILES string of the molecule is COc1ccc(CC[C@H]2OC(=O)[C@@H]3CCCCN3C(=O)C(=O)C(C)(C)CNC(=O)/C=C/CCN(C)C(=O)[C@H](CC(C)C)N(C)C(=O)[C@H]3CCCN3C(=O)[C@H](Cc3ccccc3)N(C)C(=O)C(c3ccccc3)NC(=O)CCC(=O)Nc3cccc2c3)cc1OC. The van der Waals surface area contributed by atoms with Crippen LogP contribution in [-0.4, -0.2) is 169 Å². The zero-order valence-corrected chi connectivity index (χ0v) is 53.4. The molecule has 2 bridgehead atoms. The van der Waals surface area contributed by atoms with Gasteiger partial charge in [0.15, 0.2) is 11.5 Å². The fraction of sp³-hybridized carbons (Fsp3) is 0.478. The lowest BCUT2D eigenvalue weighted by Crippen LogP contribution is -2.58. The number of benzene rings is 4. The lowest BCUT2D eigenvalue weighted by Gasteiger charge is -2.37. The van der Waals surface area contributed by atoms with Gasteiger partial charge < -0.3 is 54.7 Å². The highest BCUT2D eigenvalue weighted by molar-refractivity contribution is 6.38. The highest BCUT2D eigenvalue weighted by atomic mass is 16.5. The quantitative estimate of drug-likeness (QED) is 0.108. The fourth-order valence-corrected chi connectivity index (χ4v) is 11.7. The summed E-state index contributed by atoms with van der Waals surface area (Å²) in [6.07, 6.45) is 4.68. The normalized spacial score (nSPS) is 23.3. The van der Waals surface area contributed by atoms with Gasteiger partial charge >= 0.3 is 5.97 Å². The third-order valence-corrected chi connectivity index (χ3v) is 17.0. The Morgan fingerprint density at radius 2 is 1.29 bits per heavy atom. The number of ether oxygens (including phenoxy) is 3. The number of nitrogens with zero attached hydrogens (tertiary/aromatic N) is 5. The van der Waals surface area contributed by atoms with Crippen molar-refractivity contribution in [3.05, 3.63) is 138 Å². The van der Waals surface area contributed by atoms with Crippen molar-refractivity contribution in [2.45, 2.75) is 141 Å². The van der Waals surface area contributed by atoms with Crippen LogP contribution in [0.25, 0.3) is 0 Å². The summed E-state index contributed by atoms with van der Waals surface area (Å²) in [6.45, 7) is 7.27. The van der Waals surface area contributed by atoms with Crippen molar-refractivity contribution >= 4 is 64.7 Å². The Bertz CT molecular complexity index is 3240. The molecule has 8 amide bonds. The largest absolute Gasteiger partial charge is 0.493 e. The van der Waals surface area contributed by atoms with E-state index in [1.54, 1.807) is 94.7 Å². The van der Waals surface area contributed by atoms with Crippen molar-refractivity contribution < 1.29 is 62.2 Å². The minimum atomic E-state index is -1.40. The molecular weight excluding hydrogens is 1150 g/mol. The molecule has 0 aromatic heterocycles. The second-order valence-electron chi connectivity index (χ2n) is 24.6. The van der Waals surface area contributed by atoms with Crippen molar-refractivity contribution in [2.75, 3.05) is 66.9 Å². The molecule has 0 saturated carbocycles. The lowest BCUT2D eigenvalue weighted by atomic mass is 9.86. The number of nitrogens with one attached hydrogen (secondary N) is 3. The zero-order chi connectivity index (χ0) is 65.2. The molecule has 3 aliphatic heterocycles. The summed E-state index contributed by atoms with van der Waals surface area (Å²) < 4.78 is 17.4. The van der Waals surface area contributed by atoms with Crippen LogP contribution in [0.3, 0.4) is 0 Å². The number of piperidine rings is 1. The third-order valence-electron chi connectivity index (χ3n) is 17.0. The Balaban J connectivity index is 1.20. The van der Waals surface area contributed by atoms with Gasteiger partial charge in [-0.1, -0.05) is 113 Å². The topological polar surface area (TPSA) is 251 Å². The average Bonchev–Trinajstić information content (AvgIpc) is 1.52. The van der Waals surface area contributed by atoms with Crippen LogP contribution >= 0.6 is 0 Å². The van der Waals surface area contributed by atoms with Gasteiger partial charge in [-0.3, -0.25) is 43.2 Å². The van der Waals surface area contributed by atoms with Crippen LogP contribution in [0.4, 0.5) is 5.69 Å². The molecular formula is C69H88N8O13. The molecule has 3 N–H and O–H groups in total. The number of hydrogen-bond acceptors (Lipinski definition) is 13. The number of aryl methyl sites for hydroxylation is 1. The monoisotopic (exact) mass is 1240 g/mol. The molecule has 90 heavy (non-hydrogen) atoms. The molecule has 2 fully saturated rings. The minimum Gasteiger partial charge on any atom is -0.493 e. The number of methoxy groups -OCH3 is 2. The highest BCUT2D eigenvalue weighted by Crippen LogP contribution is 2.33. The van der Waals surface area contributed by atoms with Gasteiger partial charge in [0, 0.05) is 72.3 Å². The van der Waals surface area contributed by atoms with E-state index in [4.69, 9.17) is 14.2 Å². The molecule has 2 saturated heterocycles. The van der Waals surface area contributed by atoms with Gasteiger partial charge in [0.1, 0.15) is 36.3 Å². The fourth-order valence-electron chi connectivity index (χ4n) is 11.7. The third kappa shape index (κ3) is 17.9. The van der Waals surface area contributed by atoms with Gasteiger partial charge in [-0.25, -0.2) is 4.79 Å². The smallest absolute Gasteiger partial charge is 0.329 e. The molecule has 7 rings (SSSR count). The van der Waals surface area contributed by atoms with E-state index >= 15 is 9.59 Å². The molecule has 3 heterocycles. The number of carbonyl (C=O) groups excluding carboxylic acids is 10. The first kappa shape index (κ1) is 68.6. The first-order chi connectivity index (χ1) is 43.0. The Morgan fingerprint density at radius 1 is 0.633 bits per heavy atom. The van der Waals surface area contributed by atoms with Crippen LogP contribution in [0.5, 0.6) is 11.5 Å². The van der Waals surface area contributed by atoms with E-state index < -0.39 is 94.8 Å². The van der Waals surface area contributed by atoms with E-state index in [1.807, 2.05) is 56.3 Å². The summed E-state index contributed by atoms with van der Waals surface area (Å²) in [6, 6.07) is 24.5. The Morgan fingerprint density at radius 3 is 1.99 bits per heavy atom. The Kier molecular flexibility index (Phi) is 24.4. The summed E-state index contributed by atoms with van der Waals surface area (Å²) in [7, 11) is 7.73. The van der Waals surface area contributed by atoms with E-state index in [9.17, 15) is 38.4 Å². The van der Waals surface area contributed by atoms with Crippen molar-refractivity contribution in [1.29, 1.82) is 0 Å². The Labute approximate surface area is 528 Å². The second kappa shape index (κ2) is 32.0.